The Morgan fingerprint density at radius 2 is 1.86 bits per heavy atom. The minimum Gasteiger partial charge on any atom is -0.352 e. The van der Waals surface area contributed by atoms with Crippen molar-refractivity contribution in [2.45, 2.75) is 36.7 Å². The lowest BCUT2D eigenvalue weighted by Gasteiger charge is -2.15. The van der Waals surface area contributed by atoms with E-state index >= 15 is 0 Å². The number of carbonyl (C=O) groups excluding carboxylic acids is 1. The number of hydrogen-bond donors (Lipinski definition) is 2. The molecule has 1 aromatic carbocycles. The van der Waals surface area contributed by atoms with Crippen LogP contribution < -0.4 is 10.0 Å². The Morgan fingerprint density at radius 3 is 2.33 bits per heavy atom. The van der Waals surface area contributed by atoms with Crippen LogP contribution in [0.1, 0.15) is 19.8 Å². The second kappa shape index (κ2) is 6.42. The van der Waals surface area contributed by atoms with Crippen LogP contribution in [0.4, 0.5) is 0 Å². The zero-order valence-electron chi connectivity index (χ0n) is 11.0. The highest BCUT2D eigenvalue weighted by molar-refractivity contribution is 9.10. The highest BCUT2D eigenvalue weighted by Gasteiger charge is 2.30. The molecule has 116 valence electrons. The van der Waals surface area contributed by atoms with Gasteiger partial charge in [0.2, 0.25) is 15.9 Å². The van der Waals surface area contributed by atoms with E-state index in [1.165, 1.54) is 19.1 Å². The van der Waals surface area contributed by atoms with E-state index in [0.29, 0.717) is 4.47 Å². The van der Waals surface area contributed by atoms with E-state index in [9.17, 15) is 13.2 Å². The summed E-state index contributed by atoms with van der Waals surface area (Å²) in [5.41, 5.74) is 0. The Kier molecular flexibility index (Phi) is 5.20. The Hall–Kier alpha value is -0.340. The van der Waals surface area contributed by atoms with Crippen molar-refractivity contribution in [2.24, 2.45) is 0 Å². The van der Waals surface area contributed by atoms with Gasteiger partial charge in [-0.25, -0.2) is 8.42 Å². The fourth-order valence-electron chi connectivity index (χ4n) is 1.68. The van der Waals surface area contributed by atoms with Gasteiger partial charge >= 0.3 is 0 Å². The first-order chi connectivity index (χ1) is 9.70. The molecule has 1 unspecified atom stereocenters. The molecule has 0 spiro atoms. The minimum absolute atomic E-state index is 0.0170. The summed E-state index contributed by atoms with van der Waals surface area (Å²) in [6, 6.07) is 2.10. The van der Waals surface area contributed by atoms with Gasteiger partial charge in [-0.3, -0.25) is 4.79 Å². The van der Waals surface area contributed by atoms with Crippen molar-refractivity contribution < 1.29 is 13.2 Å². The Balaban J connectivity index is 2.20. The highest BCUT2D eigenvalue weighted by atomic mass is 79.9. The monoisotopic (exact) mass is 414 g/mol. The summed E-state index contributed by atoms with van der Waals surface area (Å²) in [6.45, 7) is 1.47. The van der Waals surface area contributed by atoms with Gasteiger partial charge in [0.25, 0.3) is 0 Å². The fourth-order valence-corrected chi connectivity index (χ4v) is 4.82. The van der Waals surface area contributed by atoms with Gasteiger partial charge < -0.3 is 5.32 Å². The topological polar surface area (TPSA) is 75.3 Å². The Morgan fingerprint density at radius 1 is 1.33 bits per heavy atom. The lowest BCUT2D eigenvalue weighted by molar-refractivity contribution is -0.122. The summed E-state index contributed by atoms with van der Waals surface area (Å²) in [4.78, 5) is 11.6. The summed E-state index contributed by atoms with van der Waals surface area (Å²) in [5, 5.41) is 2.69. The molecule has 0 saturated heterocycles. The van der Waals surface area contributed by atoms with Crippen LogP contribution in [0.25, 0.3) is 0 Å². The number of benzene rings is 1. The van der Waals surface area contributed by atoms with Crippen LogP contribution in [-0.2, 0) is 14.8 Å². The minimum atomic E-state index is -3.99. The molecule has 5 nitrogen and oxygen atoms in total. The van der Waals surface area contributed by atoms with E-state index in [-0.39, 0.29) is 26.9 Å². The molecule has 1 aliphatic carbocycles. The lowest BCUT2D eigenvalue weighted by atomic mass is 10.3. The summed E-state index contributed by atoms with van der Waals surface area (Å²) in [5.74, 6) is -0.370. The molecule has 0 aliphatic heterocycles. The number of sulfonamides is 1. The Labute approximate surface area is 141 Å². The lowest BCUT2D eigenvalue weighted by Crippen LogP contribution is -2.45. The van der Waals surface area contributed by atoms with E-state index < -0.39 is 16.1 Å². The van der Waals surface area contributed by atoms with Crippen LogP contribution in [0.15, 0.2) is 21.5 Å². The first-order valence-corrected chi connectivity index (χ1v) is 9.21. The average Bonchev–Trinajstić information content (AvgIpc) is 3.09. The van der Waals surface area contributed by atoms with Crippen molar-refractivity contribution >= 4 is 55.1 Å². The van der Waals surface area contributed by atoms with Gasteiger partial charge in [-0.05, 0) is 31.9 Å². The van der Waals surface area contributed by atoms with Gasteiger partial charge in [-0.15, -0.1) is 0 Å². The average molecular weight is 416 g/mol. The van der Waals surface area contributed by atoms with Crippen LogP contribution in [-0.4, -0.2) is 26.4 Å². The number of halogens is 3. The number of rotatable bonds is 5. The number of carbonyl (C=O) groups is 1. The summed E-state index contributed by atoms with van der Waals surface area (Å²) in [6.07, 6.45) is 1.85. The SMILES string of the molecule is CC(NS(=O)(=O)c1c(Cl)cc(Br)cc1Cl)C(=O)NC1CC1. The van der Waals surface area contributed by atoms with Crippen LogP contribution in [0.5, 0.6) is 0 Å². The summed E-state index contributed by atoms with van der Waals surface area (Å²) >= 11 is 15.1. The van der Waals surface area contributed by atoms with E-state index in [1.807, 2.05) is 0 Å². The predicted molar refractivity (Wildman–Crippen MR) is 85.1 cm³/mol. The maximum atomic E-state index is 12.3. The Bertz CT molecular complexity index is 654. The molecule has 1 amide bonds. The standard InChI is InChI=1S/C12H13BrCl2N2O3S/c1-6(12(18)16-8-2-3-8)17-21(19,20)11-9(14)4-7(13)5-10(11)15/h4-6,8,17H,2-3H2,1H3,(H,16,18). The third-order valence-corrected chi connectivity index (χ3v) is 5.80. The number of amides is 1. The number of nitrogens with one attached hydrogen (secondary N) is 2. The molecular weight excluding hydrogens is 403 g/mol. The van der Waals surface area contributed by atoms with Gasteiger partial charge in [-0.1, -0.05) is 39.1 Å². The maximum absolute atomic E-state index is 12.3. The molecule has 1 atom stereocenters. The van der Waals surface area contributed by atoms with Crippen LogP contribution in [0.3, 0.4) is 0 Å². The third-order valence-electron chi connectivity index (χ3n) is 2.88. The fraction of sp³-hybridized carbons (Fsp3) is 0.417. The highest BCUT2D eigenvalue weighted by Crippen LogP contribution is 2.32. The van der Waals surface area contributed by atoms with Gasteiger partial charge in [-0.2, -0.15) is 4.72 Å². The van der Waals surface area contributed by atoms with Gasteiger partial charge in [0.15, 0.2) is 0 Å². The molecule has 0 bridgehead atoms. The zero-order chi connectivity index (χ0) is 15.8. The summed E-state index contributed by atoms with van der Waals surface area (Å²) < 4.78 is 27.5. The molecule has 0 aromatic heterocycles. The van der Waals surface area contributed by atoms with E-state index in [1.54, 1.807) is 0 Å². The normalized spacial score (nSPS) is 16.6. The molecule has 1 saturated carbocycles. The van der Waals surface area contributed by atoms with Crippen LogP contribution >= 0.6 is 39.1 Å². The maximum Gasteiger partial charge on any atom is 0.244 e. The van der Waals surface area contributed by atoms with E-state index in [2.05, 4.69) is 26.0 Å². The van der Waals surface area contributed by atoms with E-state index in [4.69, 9.17) is 23.2 Å². The molecule has 9 heteroatoms. The van der Waals surface area contributed by atoms with E-state index in [0.717, 1.165) is 12.8 Å². The largest absolute Gasteiger partial charge is 0.352 e. The van der Waals surface area contributed by atoms with Gasteiger partial charge in [0.05, 0.1) is 16.1 Å². The molecule has 21 heavy (non-hydrogen) atoms. The van der Waals surface area contributed by atoms with Crippen molar-refractivity contribution in [1.29, 1.82) is 0 Å². The molecule has 0 radical (unpaired) electrons. The van der Waals surface area contributed by atoms with Crippen LogP contribution in [0, 0.1) is 0 Å². The molecule has 2 N–H and O–H groups in total. The molecule has 0 heterocycles. The van der Waals surface area contributed by atoms with Crippen molar-refractivity contribution in [3.63, 3.8) is 0 Å². The molecule has 1 aliphatic rings. The van der Waals surface area contributed by atoms with Gasteiger partial charge in [0, 0.05) is 10.5 Å². The third kappa shape index (κ3) is 4.32. The second-order valence-electron chi connectivity index (χ2n) is 4.82. The smallest absolute Gasteiger partial charge is 0.244 e. The molecular formula is C12H13BrCl2N2O3S. The zero-order valence-corrected chi connectivity index (χ0v) is 14.9. The van der Waals surface area contributed by atoms with Gasteiger partial charge in [0.1, 0.15) is 4.90 Å². The molecule has 1 fully saturated rings. The second-order valence-corrected chi connectivity index (χ2v) is 8.21. The van der Waals surface area contributed by atoms with Crippen molar-refractivity contribution in [3.05, 3.63) is 26.7 Å². The predicted octanol–water partition coefficient (Wildman–Crippen LogP) is 2.70. The molecule has 2 rings (SSSR count). The quantitative estimate of drug-likeness (QED) is 0.776. The first-order valence-electron chi connectivity index (χ1n) is 6.18. The van der Waals surface area contributed by atoms with Crippen molar-refractivity contribution in [3.8, 4) is 0 Å². The van der Waals surface area contributed by atoms with Crippen LogP contribution in [0.2, 0.25) is 10.0 Å². The number of hydrogen-bond acceptors (Lipinski definition) is 3. The summed E-state index contributed by atoms with van der Waals surface area (Å²) in [7, 11) is -3.99. The molecule has 1 aromatic rings. The first kappa shape index (κ1) is 17.0. The van der Waals surface area contributed by atoms with Crippen molar-refractivity contribution in [2.75, 3.05) is 0 Å². The van der Waals surface area contributed by atoms with Crippen molar-refractivity contribution in [1.82, 2.24) is 10.0 Å².